The van der Waals surface area contributed by atoms with Gasteiger partial charge in [-0.15, -0.1) is 0 Å². The number of carbonyl (C=O) groups is 1. The molecule has 3 aromatic rings. The predicted molar refractivity (Wildman–Crippen MR) is 108 cm³/mol. The second-order valence-corrected chi connectivity index (χ2v) is 8.23. The Morgan fingerprint density at radius 3 is 2.57 bits per heavy atom. The standard InChI is InChI=1S/C23H24N2O3/c1-15-7-9-17(10-8-15)25-16(2)12-18-19(13-23(3,4)14-20(18)25)24-28-22(26)21-6-5-11-27-21/h5-12H,13-14H2,1-4H3/b24-19+. The van der Waals surface area contributed by atoms with E-state index in [0.29, 0.717) is 0 Å². The number of rotatable bonds is 3. The van der Waals surface area contributed by atoms with Gasteiger partial charge in [-0.3, -0.25) is 0 Å². The highest BCUT2D eigenvalue weighted by molar-refractivity contribution is 6.03. The number of hydrogen-bond acceptors (Lipinski definition) is 4. The molecule has 0 fully saturated rings. The van der Waals surface area contributed by atoms with Crippen molar-refractivity contribution in [1.29, 1.82) is 0 Å². The van der Waals surface area contributed by atoms with Gasteiger partial charge >= 0.3 is 5.97 Å². The minimum absolute atomic E-state index is 0.0101. The zero-order valence-corrected chi connectivity index (χ0v) is 16.7. The number of benzene rings is 1. The second kappa shape index (κ2) is 6.82. The maximum atomic E-state index is 12.1. The Kier molecular flexibility index (Phi) is 4.46. The fraction of sp³-hybridized carbons (Fsp3) is 0.304. The van der Waals surface area contributed by atoms with Crippen molar-refractivity contribution in [1.82, 2.24) is 4.57 Å². The van der Waals surface area contributed by atoms with Gasteiger partial charge in [-0.1, -0.05) is 36.7 Å². The van der Waals surface area contributed by atoms with E-state index in [4.69, 9.17) is 9.25 Å². The minimum atomic E-state index is -0.586. The van der Waals surface area contributed by atoms with Crippen molar-refractivity contribution in [2.24, 2.45) is 10.6 Å². The average molecular weight is 376 g/mol. The topological polar surface area (TPSA) is 56.7 Å². The Labute approximate surface area is 164 Å². The van der Waals surface area contributed by atoms with Crippen molar-refractivity contribution < 1.29 is 14.0 Å². The van der Waals surface area contributed by atoms with E-state index in [1.54, 1.807) is 12.1 Å². The molecule has 5 heteroatoms. The van der Waals surface area contributed by atoms with E-state index in [2.05, 4.69) is 67.7 Å². The van der Waals surface area contributed by atoms with E-state index in [-0.39, 0.29) is 11.2 Å². The molecule has 1 aromatic carbocycles. The van der Waals surface area contributed by atoms with Gasteiger partial charge in [0.25, 0.3) is 0 Å². The van der Waals surface area contributed by atoms with Gasteiger partial charge in [-0.05, 0) is 62.4 Å². The minimum Gasteiger partial charge on any atom is -0.457 e. The summed E-state index contributed by atoms with van der Waals surface area (Å²) in [5.41, 5.74) is 6.55. The van der Waals surface area contributed by atoms with Crippen LogP contribution in [-0.4, -0.2) is 16.2 Å². The number of carbonyl (C=O) groups excluding carboxylic acids is 1. The zero-order valence-electron chi connectivity index (χ0n) is 16.7. The van der Waals surface area contributed by atoms with Crippen LogP contribution in [-0.2, 0) is 11.3 Å². The highest BCUT2D eigenvalue weighted by atomic mass is 16.7. The summed E-state index contributed by atoms with van der Waals surface area (Å²) in [6.07, 6.45) is 3.11. The van der Waals surface area contributed by atoms with E-state index in [1.807, 2.05) is 0 Å². The van der Waals surface area contributed by atoms with Crippen LogP contribution in [0.2, 0.25) is 0 Å². The third kappa shape index (κ3) is 3.40. The third-order valence-corrected chi connectivity index (χ3v) is 5.14. The van der Waals surface area contributed by atoms with Crippen LogP contribution in [0.25, 0.3) is 5.69 Å². The number of fused-ring (bicyclic) bond motifs is 1. The molecule has 0 N–H and O–H groups in total. The molecule has 1 aliphatic rings. The lowest BCUT2D eigenvalue weighted by atomic mass is 9.76. The van der Waals surface area contributed by atoms with Crippen LogP contribution in [0.4, 0.5) is 0 Å². The van der Waals surface area contributed by atoms with Gasteiger partial charge in [-0.2, -0.15) is 0 Å². The Bertz CT molecular complexity index is 1040. The maximum Gasteiger partial charge on any atom is 0.400 e. The molecule has 28 heavy (non-hydrogen) atoms. The van der Waals surface area contributed by atoms with E-state index in [9.17, 15) is 4.79 Å². The summed E-state index contributed by atoms with van der Waals surface area (Å²) in [5.74, 6) is -0.440. The van der Waals surface area contributed by atoms with Gasteiger partial charge in [0.2, 0.25) is 5.76 Å². The predicted octanol–water partition coefficient (Wildman–Crippen LogP) is 5.22. The lowest BCUT2D eigenvalue weighted by Crippen LogP contribution is -2.28. The van der Waals surface area contributed by atoms with Crippen molar-refractivity contribution >= 4 is 11.7 Å². The third-order valence-electron chi connectivity index (χ3n) is 5.14. The van der Waals surface area contributed by atoms with E-state index in [0.717, 1.165) is 35.5 Å². The summed E-state index contributed by atoms with van der Waals surface area (Å²) < 4.78 is 7.37. The van der Waals surface area contributed by atoms with Gasteiger partial charge in [0.05, 0.1) is 12.0 Å². The molecule has 0 saturated carbocycles. The molecular formula is C23H24N2O3. The fourth-order valence-electron chi connectivity index (χ4n) is 3.85. The normalized spacial score (nSPS) is 16.8. The molecule has 144 valence electrons. The molecule has 2 aromatic heterocycles. The summed E-state index contributed by atoms with van der Waals surface area (Å²) in [4.78, 5) is 17.3. The van der Waals surface area contributed by atoms with Gasteiger partial charge in [-0.25, -0.2) is 4.79 Å². The van der Waals surface area contributed by atoms with E-state index in [1.165, 1.54) is 17.5 Å². The monoisotopic (exact) mass is 376 g/mol. The first kappa shape index (κ1) is 18.3. The fourth-order valence-corrected chi connectivity index (χ4v) is 3.85. The van der Waals surface area contributed by atoms with Gasteiger partial charge in [0.15, 0.2) is 0 Å². The molecule has 0 unspecified atom stereocenters. The Morgan fingerprint density at radius 2 is 1.89 bits per heavy atom. The van der Waals surface area contributed by atoms with E-state index >= 15 is 0 Å². The lowest BCUT2D eigenvalue weighted by molar-refractivity contribution is 0.0477. The molecule has 0 amide bonds. The molecule has 2 heterocycles. The van der Waals surface area contributed by atoms with Crippen molar-refractivity contribution in [3.05, 3.63) is 77.0 Å². The summed E-state index contributed by atoms with van der Waals surface area (Å²) in [5, 5.41) is 4.23. The number of oxime groups is 1. The Morgan fingerprint density at radius 1 is 1.14 bits per heavy atom. The van der Waals surface area contributed by atoms with Crippen LogP contribution < -0.4 is 0 Å². The van der Waals surface area contributed by atoms with Gasteiger partial charge < -0.3 is 13.8 Å². The second-order valence-electron chi connectivity index (χ2n) is 8.23. The average Bonchev–Trinajstić information content (AvgIpc) is 3.28. The van der Waals surface area contributed by atoms with Crippen molar-refractivity contribution in [3.8, 4) is 5.69 Å². The van der Waals surface area contributed by atoms with Crippen LogP contribution in [0.15, 0.2) is 58.3 Å². The van der Waals surface area contributed by atoms with Gasteiger partial charge in [0.1, 0.15) is 0 Å². The Balaban J connectivity index is 1.74. The van der Waals surface area contributed by atoms with Gasteiger partial charge in [0, 0.05) is 22.6 Å². The summed E-state index contributed by atoms with van der Waals surface area (Å²) in [7, 11) is 0. The molecular weight excluding hydrogens is 352 g/mol. The number of aryl methyl sites for hydroxylation is 2. The summed E-state index contributed by atoms with van der Waals surface area (Å²) in [6.45, 7) is 8.60. The SMILES string of the molecule is Cc1ccc(-n2c(C)cc3c2CC(C)(C)C/C3=N\OC(=O)c2ccco2)cc1. The molecule has 5 nitrogen and oxygen atoms in total. The summed E-state index contributed by atoms with van der Waals surface area (Å²) in [6, 6.07) is 13.9. The van der Waals surface area contributed by atoms with Crippen LogP contribution in [0.3, 0.4) is 0 Å². The first-order valence-corrected chi connectivity index (χ1v) is 9.44. The first-order valence-electron chi connectivity index (χ1n) is 9.44. The van der Waals surface area contributed by atoms with Crippen molar-refractivity contribution in [2.75, 3.05) is 0 Å². The molecule has 4 rings (SSSR count). The quantitative estimate of drug-likeness (QED) is 0.465. The van der Waals surface area contributed by atoms with Crippen LogP contribution in [0.1, 0.15) is 53.3 Å². The summed E-state index contributed by atoms with van der Waals surface area (Å²) >= 11 is 0. The number of furan rings is 1. The van der Waals surface area contributed by atoms with Crippen LogP contribution in [0.5, 0.6) is 0 Å². The van der Waals surface area contributed by atoms with Crippen molar-refractivity contribution in [2.45, 2.75) is 40.5 Å². The number of aromatic nitrogens is 1. The molecule has 0 aliphatic heterocycles. The molecule has 0 radical (unpaired) electrons. The molecule has 0 spiro atoms. The zero-order chi connectivity index (χ0) is 19.9. The lowest BCUT2D eigenvalue weighted by Gasteiger charge is -2.31. The smallest absolute Gasteiger partial charge is 0.400 e. The number of nitrogens with zero attached hydrogens (tertiary/aromatic N) is 2. The van der Waals surface area contributed by atoms with Crippen LogP contribution >= 0.6 is 0 Å². The molecule has 0 saturated heterocycles. The first-order chi connectivity index (χ1) is 13.3. The highest BCUT2D eigenvalue weighted by Gasteiger charge is 2.33. The number of hydrogen-bond donors (Lipinski definition) is 0. The highest BCUT2D eigenvalue weighted by Crippen LogP contribution is 2.38. The van der Waals surface area contributed by atoms with Crippen LogP contribution in [0, 0.1) is 19.3 Å². The molecule has 0 atom stereocenters. The maximum absolute atomic E-state index is 12.1. The Hall–Kier alpha value is -3.08. The van der Waals surface area contributed by atoms with E-state index < -0.39 is 5.97 Å². The molecule has 0 bridgehead atoms. The largest absolute Gasteiger partial charge is 0.457 e. The van der Waals surface area contributed by atoms with Crippen molar-refractivity contribution in [3.63, 3.8) is 0 Å². The molecule has 1 aliphatic carbocycles.